The van der Waals surface area contributed by atoms with Gasteiger partial charge in [0.1, 0.15) is 11.6 Å². The maximum atomic E-state index is 13.6. The van der Waals surface area contributed by atoms with Gasteiger partial charge in [-0.3, -0.25) is 0 Å². The third-order valence-electron chi connectivity index (χ3n) is 2.47. The van der Waals surface area contributed by atoms with Crippen molar-refractivity contribution in [1.29, 1.82) is 0 Å². The van der Waals surface area contributed by atoms with Gasteiger partial charge in [0, 0.05) is 45.6 Å². The topological polar surface area (TPSA) is 64.7 Å². The van der Waals surface area contributed by atoms with Crippen molar-refractivity contribution in [3.63, 3.8) is 0 Å². The lowest BCUT2D eigenvalue weighted by molar-refractivity contribution is 0.128. The Morgan fingerprint density at radius 2 is 1.89 bits per heavy atom. The number of hydrogen-bond acceptors (Lipinski definition) is 4. The molecule has 0 aliphatic heterocycles. The van der Waals surface area contributed by atoms with Crippen LogP contribution in [0.3, 0.4) is 0 Å². The highest BCUT2D eigenvalue weighted by Crippen LogP contribution is 2.40. The van der Waals surface area contributed by atoms with Crippen LogP contribution in [0.1, 0.15) is 17.1 Å². The summed E-state index contributed by atoms with van der Waals surface area (Å²) in [5.74, 6) is 0.576. The van der Waals surface area contributed by atoms with Crippen molar-refractivity contribution in [2.24, 2.45) is 0 Å². The highest BCUT2D eigenvalue weighted by Gasteiger charge is 2.31. The highest BCUT2D eigenvalue weighted by molar-refractivity contribution is 14.1. The summed E-state index contributed by atoms with van der Waals surface area (Å²) in [5, 5.41) is 0. The summed E-state index contributed by atoms with van der Waals surface area (Å²) in [4.78, 5) is 12.2. The Hall–Kier alpha value is -1.38. The Balaban J connectivity index is 2.68. The van der Waals surface area contributed by atoms with E-state index < -0.39 is 3.93 Å². The number of nitrogens with two attached hydrogens (primary N) is 1. The summed E-state index contributed by atoms with van der Waals surface area (Å²) in [5.41, 5.74) is 6.68. The number of nitrogens with zero attached hydrogens (tertiary/aromatic N) is 3. The van der Waals surface area contributed by atoms with E-state index in [0.29, 0.717) is 17.2 Å². The molecule has 2 rings (SSSR count). The summed E-state index contributed by atoms with van der Waals surface area (Å²) in [6.07, 6.45) is 1.32. The number of pyridine rings is 1. The molecule has 0 aliphatic carbocycles. The second-order valence-electron chi connectivity index (χ2n) is 4.09. The van der Waals surface area contributed by atoms with Crippen LogP contribution in [-0.4, -0.2) is 15.0 Å². The predicted octanol–water partition coefficient (Wildman–Crippen LogP) is 3.22. The van der Waals surface area contributed by atoms with Crippen LogP contribution in [0.2, 0.25) is 0 Å². The third-order valence-corrected chi connectivity index (χ3v) is 3.05. The molecule has 0 aromatic carbocycles. The average Bonchev–Trinajstić information content (AvgIpc) is 2.26. The largest absolute Gasteiger partial charge is 0.384 e. The summed E-state index contributed by atoms with van der Waals surface area (Å²) in [7, 11) is 0. The van der Waals surface area contributed by atoms with Gasteiger partial charge < -0.3 is 5.73 Å². The van der Waals surface area contributed by atoms with Gasteiger partial charge in [-0.25, -0.2) is 15.0 Å². The maximum Gasteiger partial charge on any atom is 0.322 e. The van der Waals surface area contributed by atoms with Crippen LogP contribution >= 0.6 is 22.6 Å². The van der Waals surface area contributed by atoms with Crippen molar-refractivity contribution in [2.45, 2.75) is 17.8 Å². The van der Waals surface area contributed by atoms with Gasteiger partial charge in [-0.05, 0) is 26.0 Å². The molecule has 0 saturated heterocycles. The van der Waals surface area contributed by atoms with E-state index in [1.165, 1.54) is 12.3 Å². The van der Waals surface area contributed by atoms with Crippen LogP contribution in [0.25, 0.3) is 11.3 Å². The normalized spacial score (nSPS) is 11.6. The number of hydrogen-bond donors (Lipinski definition) is 1. The molecule has 0 unspecified atom stereocenters. The van der Waals surface area contributed by atoms with E-state index >= 15 is 0 Å². The summed E-state index contributed by atoms with van der Waals surface area (Å²) in [6, 6.07) is 2.82. The summed E-state index contributed by atoms with van der Waals surface area (Å²) < 4.78 is 24.2. The number of aryl methyl sites for hydroxylation is 2. The molecule has 0 spiro atoms. The molecule has 2 aromatic heterocycles. The van der Waals surface area contributed by atoms with Crippen molar-refractivity contribution in [3.8, 4) is 11.3 Å². The number of anilines is 1. The molecule has 0 atom stereocenters. The zero-order chi connectivity index (χ0) is 14.2. The number of halogens is 3. The Labute approximate surface area is 122 Å². The summed E-state index contributed by atoms with van der Waals surface area (Å²) in [6.45, 7) is 3.49. The number of alkyl halides is 3. The SMILES string of the molecule is Cc1cc(-c2cnc(N)cc2C(F)(F)I)nc(C)n1. The van der Waals surface area contributed by atoms with Gasteiger partial charge in [-0.15, -0.1) is 0 Å². The molecule has 7 heteroatoms. The smallest absolute Gasteiger partial charge is 0.322 e. The van der Waals surface area contributed by atoms with Gasteiger partial charge in [0.25, 0.3) is 0 Å². The Morgan fingerprint density at radius 3 is 2.47 bits per heavy atom. The lowest BCUT2D eigenvalue weighted by Crippen LogP contribution is -2.08. The van der Waals surface area contributed by atoms with Crippen LogP contribution in [-0.2, 0) is 3.93 Å². The monoisotopic (exact) mass is 376 g/mol. The molecule has 0 amide bonds. The molecule has 0 fully saturated rings. The van der Waals surface area contributed by atoms with Crippen molar-refractivity contribution in [3.05, 3.63) is 35.4 Å². The Morgan fingerprint density at radius 1 is 1.21 bits per heavy atom. The van der Waals surface area contributed by atoms with Crippen molar-refractivity contribution < 1.29 is 8.78 Å². The maximum absolute atomic E-state index is 13.6. The molecule has 0 aliphatic rings. The molecular formula is C12H11F2IN4. The first kappa shape index (κ1) is 14.0. The van der Waals surface area contributed by atoms with Crippen molar-refractivity contribution in [2.75, 3.05) is 5.73 Å². The van der Waals surface area contributed by atoms with E-state index in [-0.39, 0.29) is 16.9 Å². The second kappa shape index (κ2) is 4.95. The van der Waals surface area contributed by atoms with Crippen molar-refractivity contribution in [1.82, 2.24) is 15.0 Å². The van der Waals surface area contributed by atoms with Crippen LogP contribution in [0.4, 0.5) is 14.6 Å². The molecule has 19 heavy (non-hydrogen) atoms. The van der Waals surface area contributed by atoms with E-state index in [0.717, 1.165) is 22.6 Å². The standard InChI is InChI=1S/C12H11F2IN4/c1-6-3-10(19-7(2)18-6)8-5-17-11(16)4-9(8)12(13,14)15/h3-5H,1-2H3,(H2,16,17). The first-order chi connectivity index (χ1) is 8.77. The van der Waals surface area contributed by atoms with E-state index in [4.69, 9.17) is 5.73 Å². The van der Waals surface area contributed by atoms with Gasteiger partial charge in [-0.1, -0.05) is 0 Å². The predicted molar refractivity (Wildman–Crippen MR) is 77.1 cm³/mol. The van der Waals surface area contributed by atoms with Crippen LogP contribution < -0.4 is 5.73 Å². The second-order valence-corrected chi connectivity index (χ2v) is 5.45. The fraction of sp³-hybridized carbons (Fsp3) is 0.250. The minimum atomic E-state index is -3.04. The number of aromatic nitrogens is 3. The molecule has 2 heterocycles. The zero-order valence-corrected chi connectivity index (χ0v) is 12.4. The van der Waals surface area contributed by atoms with Crippen LogP contribution in [0.5, 0.6) is 0 Å². The van der Waals surface area contributed by atoms with Crippen LogP contribution in [0, 0.1) is 13.8 Å². The highest BCUT2D eigenvalue weighted by atomic mass is 127. The van der Waals surface area contributed by atoms with E-state index in [1.807, 2.05) is 0 Å². The van der Waals surface area contributed by atoms with Gasteiger partial charge in [0.2, 0.25) is 0 Å². The molecule has 0 bridgehead atoms. The minimum Gasteiger partial charge on any atom is -0.384 e. The molecule has 2 aromatic rings. The van der Waals surface area contributed by atoms with E-state index in [9.17, 15) is 8.78 Å². The van der Waals surface area contributed by atoms with Gasteiger partial charge in [0.15, 0.2) is 0 Å². The lowest BCUT2D eigenvalue weighted by atomic mass is 10.1. The van der Waals surface area contributed by atoms with Gasteiger partial charge in [-0.2, -0.15) is 8.78 Å². The molecule has 2 N–H and O–H groups in total. The number of rotatable bonds is 2. The minimum absolute atomic E-state index is 0.0533. The summed E-state index contributed by atoms with van der Waals surface area (Å²) >= 11 is 1.07. The molecule has 0 radical (unpaired) electrons. The fourth-order valence-electron chi connectivity index (χ4n) is 1.77. The fourth-order valence-corrected chi connectivity index (χ4v) is 2.21. The molecular weight excluding hydrogens is 365 g/mol. The average molecular weight is 376 g/mol. The number of nitrogen functional groups attached to an aromatic ring is 1. The first-order valence-corrected chi connectivity index (χ1v) is 6.50. The van der Waals surface area contributed by atoms with Gasteiger partial charge in [0.05, 0.1) is 5.69 Å². The lowest BCUT2D eigenvalue weighted by Gasteiger charge is -2.14. The Bertz CT molecular complexity index is 605. The van der Waals surface area contributed by atoms with Gasteiger partial charge >= 0.3 is 3.93 Å². The molecule has 100 valence electrons. The van der Waals surface area contributed by atoms with E-state index in [2.05, 4.69) is 15.0 Å². The van der Waals surface area contributed by atoms with E-state index in [1.54, 1.807) is 19.9 Å². The van der Waals surface area contributed by atoms with Crippen LogP contribution in [0.15, 0.2) is 18.3 Å². The quantitative estimate of drug-likeness (QED) is 0.646. The molecule has 4 nitrogen and oxygen atoms in total. The first-order valence-electron chi connectivity index (χ1n) is 5.43. The van der Waals surface area contributed by atoms with Crippen molar-refractivity contribution >= 4 is 28.4 Å². The molecule has 0 saturated carbocycles. The Kier molecular flexibility index (Phi) is 3.66. The third kappa shape index (κ3) is 3.14. The zero-order valence-electron chi connectivity index (χ0n) is 10.3.